The maximum absolute atomic E-state index is 12.6. The summed E-state index contributed by atoms with van der Waals surface area (Å²) in [7, 11) is 1.30. The Morgan fingerprint density at radius 1 is 1.30 bits per heavy atom. The third kappa shape index (κ3) is 3.95. The predicted molar refractivity (Wildman–Crippen MR) is 101 cm³/mol. The average Bonchev–Trinajstić information content (AvgIpc) is 3.01. The summed E-state index contributed by atoms with van der Waals surface area (Å²) >= 11 is 0. The summed E-state index contributed by atoms with van der Waals surface area (Å²) in [5, 5.41) is 3.66. The van der Waals surface area contributed by atoms with Crippen LogP contribution in [0.1, 0.15) is 28.9 Å². The quantitative estimate of drug-likeness (QED) is 0.686. The lowest BCUT2D eigenvalue weighted by Gasteiger charge is -2.29. The number of H-pyrrole nitrogens is 1. The molecule has 3 rings (SSSR count). The number of amides is 2. The number of esters is 1. The number of aromatic nitrogens is 1. The second-order valence-corrected chi connectivity index (χ2v) is 6.87. The summed E-state index contributed by atoms with van der Waals surface area (Å²) < 4.78 is 4.84. The first-order chi connectivity index (χ1) is 12.9. The number of fused-ring (bicyclic) bond motifs is 1. The molecule has 144 valence electrons. The van der Waals surface area contributed by atoms with Gasteiger partial charge in [-0.05, 0) is 44.5 Å². The number of nitrogens with one attached hydrogen (secondary N) is 2. The number of nitrogens with two attached hydrogens (primary N) is 1. The van der Waals surface area contributed by atoms with Crippen LogP contribution in [-0.2, 0) is 14.3 Å². The SMILES string of the molecule is COC(=O)c1[nH]c2cccc(C)c2c1NC(=O)CN1CCC(C(N)=O)CC1. The van der Waals surface area contributed by atoms with Gasteiger partial charge in [0.05, 0.1) is 19.3 Å². The normalized spacial score (nSPS) is 15.6. The fraction of sp³-hybridized carbons (Fsp3) is 0.421. The molecule has 0 bridgehead atoms. The number of hydrogen-bond acceptors (Lipinski definition) is 5. The number of methoxy groups -OCH3 is 1. The molecule has 0 saturated carbocycles. The summed E-state index contributed by atoms with van der Waals surface area (Å²) in [6.45, 7) is 3.38. The highest BCUT2D eigenvalue weighted by molar-refractivity contribution is 6.12. The molecule has 2 amide bonds. The van der Waals surface area contributed by atoms with Gasteiger partial charge >= 0.3 is 5.97 Å². The topological polar surface area (TPSA) is 118 Å². The van der Waals surface area contributed by atoms with Crippen molar-refractivity contribution in [3.8, 4) is 0 Å². The molecule has 1 fully saturated rings. The first-order valence-corrected chi connectivity index (χ1v) is 8.91. The molecule has 0 spiro atoms. The number of aromatic amines is 1. The molecular formula is C19H24N4O4. The van der Waals surface area contributed by atoms with Crippen LogP contribution in [0.4, 0.5) is 5.69 Å². The third-order valence-corrected chi connectivity index (χ3v) is 5.04. The van der Waals surface area contributed by atoms with Gasteiger partial charge in [-0.25, -0.2) is 4.79 Å². The molecular weight excluding hydrogens is 348 g/mol. The van der Waals surface area contributed by atoms with Gasteiger partial charge in [0.1, 0.15) is 5.69 Å². The van der Waals surface area contributed by atoms with Gasteiger partial charge < -0.3 is 20.8 Å². The summed E-state index contributed by atoms with van der Waals surface area (Å²) in [6, 6.07) is 5.64. The molecule has 0 unspecified atom stereocenters. The van der Waals surface area contributed by atoms with Gasteiger partial charge in [0.25, 0.3) is 0 Å². The van der Waals surface area contributed by atoms with Gasteiger partial charge in [0.2, 0.25) is 11.8 Å². The maximum Gasteiger partial charge on any atom is 0.356 e. The fourth-order valence-electron chi connectivity index (χ4n) is 3.56. The highest BCUT2D eigenvalue weighted by Gasteiger charge is 2.26. The molecule has 1 aliphatic heterocycles. The third-order valence-electron chi connectivity index (χ3n) is 5.04. The van der Waals surface area contributed by atoms with Crippen molar-refractivity contribution >= 4 is 34.4 Å². The van der Waals surface area contributed by atoms with E-state index in [9.17, 15) is 14.4 Å². The molecule has 0 aliphatic carbocycles. The van der Waals surface area contributed by atoms with Crippen LogP contribution in [0.5, 0.6) is 0 Å². The monoisotopic (exact) mass is 372 g/mol. The number of rotatable bonds is 5. The van der Waals surface area contributed by atoms with E-state index in [1.165, 1.54) is 7.11 Å². The first-order valence-electron chi connectivity index (χ1n) is 8.91. The maximum atomic E-state index is 12.6. The zero-order chi connectivity index (χ0) is 19.6. The molecule has 0 atom stereocenters. The van der Waals surface area contributed by atoms with Gasteiger partial charge in [0, 0.05) is 16.8 Å². The van der Waals surface area contributed by atoms with Gasteiger partial charge in [-0.1, -0.05) is 12.1 Å². The molecule has 1 aromatic heterocycles. The van der Waals surface area contributed by atoms with E-state index in [0.717, 1.165) is 16.5 Å². The Morgan fingerprint density at radius 2 is 2.00 bits per heavy atom. The van der Waals surface area contributed by atoms with E-state index in [2.05, 4.69) is 10.3 Å². The van der Waals surface area contributed by atoms with Crippen molar-refractivity contribution in [3.63, 3.8) is 0 Å². The Morgan fingerprint density at radius 3 is 2.63 bits per heavy atom. The van der Waals surface area contributed by atoms with Crippen LogP contribution in [0.25, 0.3) is 10.9 Å². The first kappa shape index (κ1) is 18.9. The minimum Gasteiger partial charge on any atom is -0.464 e. The minimum absolute atomic E-state index is 0.119. The number of benzene rings is 1. The van der Waals surface area contributed by atoms with E-state index in [-0.39, 0.29) is 30.0 Å². The van der Waals surface area contributed by atoms with Crippen molar-refractivity contribution in [3.05, 3.63) is 29.5 Å². The smallest absolute Gasteiger partial charge is 0.356 e. The molecule has 1 aliphatic rings. The number of aryl methyl sites for hydroxylation is 1. The summed E-state index contributed by atoms with van der Waals surface area (Å²) in [5.41, 5.74) is 7.71. The Bertz CT molecular complexity index is 881. The Hall–Kier alpha value is -2.87. The summed E-state index contributed by atoms with van der Waals surface area (Å²) in [6.07, 6.45) is 1.31. The van der Waals surface area contributed by atoms with E-state index in [1.807, 2.05) is 30.0 Å². The molecule has 27 heavy (non-hydrogen) atoms. The number of carbonyl (C=O) groups is 3. The second kappa shape index (κ2) is 7.79. The zero-order valence-corrected chi connectivity index (χ0v) is 15.5. The number of likely N-dealkylation sites (tertiary alicyclic amines) is 1. The Balaban J connectivity index is 1.77. The van der Waals surface area contributed by atoms with Crippen molar-refractivity contribution < 1.29 is 19.1 Å². The van der Waals surface area contributed by atoms with Crippen LogP contribution >= 0.6 is 0 Å². The lowest BCUT2D eigenvalue weighted by atomic mass is 9.96. The molecule has 2 aromatic rings. The van der Waals surface area contributed by atoms with Gasteiger partial charge in [-0.15, -0.1) is 0 Å². The van der Waals surface area contributed by atoms with Crippen LogP contribution in [0.15, 0.2) is 18.2 Å². The lowest BCUT2D eigenvalue weighted by Crippen LogP contribution is -2.42. The van der Waals surface area contributed by atoms with Crippen LogP contribution < -0.4 is 11.1 Å². The molecule has 4 N–H and O–H groups in total. The number of ether oxygens (including phenoxy) is 1. The van der Waals surface area contributed by atoms with Gasteiger partial charge in [0.15, 0.2) is 0 Å². The number of nitrogens with zero attached hydrogens (tertiary/aromatic N) is 1. The fourth-order valence-corrected chi connectivity index (χ4v) is 3.56. The van der Waals surface area contributed by atoms with Crippen molar-refractivity contribution in [1.82, 2.24) is 9.88 Å². The summed E-state index contributed by atoms with van der Waals surface area (Å²) in [5.74, 6) is -1.16. The van der Waals surface area contributed by atoms with Crippen molar-refractivity contribution in [2.24, 2.45) is 11.7 Å². The molecule has 0 radical (unpaired) electrons. The predicted octanol–water partition coefficient (Wildman–Crippen LogP) is 1.40. The van der Waals surface area contributed by atoms with Crippen LogP contribution in [0, 0.1) is 12.8 Å². The molecule has 2 heterocycles. The van der Waals surface area contributed by atoms with Crippen molar-refractivity contribution in [1.29, 1.82) is 0 Å². The second-order valence-electron chi connectivity index (χ2n) is 6.87. The van der Waals surface area contributed by atoms with E-state index >= 15 is 0 Å². The van der Waals surface area contributed by atoms with Gasteiger partial charge in [-0.2, -0.15) is 0 Å². The Kier molecular flexibility index (Phi) is 5.46. The van der Waals surface area contributed by atoms with Crippen molar-refractivity contribution in [2.75, 3.05) is 32.1 Å². The highest BCUT2D eigenvalue weighted by atomic mass is 16.5. The average molecular weight is 372 g/mol. The van der Waals surface area contributed by atoms with E-state index in [1.54, 1.807) is 0 Å². The standard InChI is InChI=1S/C19H24N4O4/c1-11-4-3-5-13-15(11)16(17(21-13)19(26)27-2)22-14(24)10-23-8-6-12(7-9-23)18(20)25/h3-5,12,21H,6-10H2,1-2H3,(H2,20,25)(H,22,24). The van der Waals surface area contributed by atoms with Crippen LogP contribution in [0.2, 0.25) is 0 Å². The van der Waals surface area contributed by atoms with Crippen LogP contribution in [0.3, 0.4) is 0 Å². The van der Waals surface area contributed by atoms with Gasteiger partial charge in [-0.3, -0.25) is 14.5 Å². The molecule has 1 saturated heterocycles. The highest BCUT2D eigenvalue weighted by Crippen LogP contribution is 2.31. The number of anilines is 1. The summed E-state index contributed by atoms with van der Waals surface area (Å²) in [4.78, 5) is 41.0. The number of piperidine rings is 1. The van der Waals surface area contributed by atoms with E-state index < -0.39 is 5.97 Å². The van der Waals surface area contributed by atoms with E-state index in [4.69, 9.17) is 10.5 Å². The number of hydrogen-bond donors (Lipinski definition) is 3. The largest absolute Gasteiger partial charge is 0.464 e. The molecule has 1 aromatic carbocycles. The zero-order valence-electron chi connectivity index (χ0n) is 15.5. The number of carbonyl (C=O) groups excluding carboxylic acids is 3. The Labute approximate surface area is 157 Å². The molecule has 8 heteroatoms. The van der Waals surface area contributed by atoms with Crippen LogP contribution in [-0.4, -0.2) is 54.4 Å². The number of primary amides is 1. The molecule has 8 nitrogen and oxygen atoms in total. The van der Waals surface area contributed by atoms with E-state index in [0.29, 0.717) is 31.6 Å². The van der Waals surface area contributed by atoms with Crippen molar-refractivity contribution in [2.45, 2.75) is 19.8 Å². The minimum atomic E-state index is -0.539. The lowest BCUT2D eigenvalue weighted by molar-refractivity contribution is -0.123.